The number of benzene rings is 2. The molecule has 35 heavy (non-hydrogen) atoms. The minimum Gasteiger partial charge on any atom is -0.454 e. The van der Waals surface area contributed by atoms with E-state index in [1.807, 2.05) is 30.3 Å². The molecular formula is C27H22ClN5O2. The third-order valence-electron chi connectivity index (χ3n) is 5.42. The van der Waals surface area contributed by atoms with E-state index in [4.69, 9.17) is 16.3 Å². The zero-order valence-electron chi connectivity index (χ0n) is 18.8. The van der Waals surface area contributed by atoms with Crippen molar-refractivity contribution in [3.63, 3.8) is 0 Å². The molecular weight excluding hydrogens is 462 g/mol. The molecule has 0 spiro atoms. The lowest BCUT2D eigenvalue weighted by atomic mass is 10.1. The smallest absolute Gasteiger partial charge is 0.223 e. The van der Waals surface area contributed by atoms with Gasteiger partial charge in [0.1, 0.15) is 23.6 Å². The van der Waals surface area contributed by atoms with Crippen LogP contribution in [0.25, 0.3) is 10.9 Å². The van der Waals surface area contributed by atoms with Crippen molar-refractivity contribution >= 4 is 39.9 Å². The fourth-order valence-electron chi connectivity index (χ4n) is 3.47. The summed E-state index contributed by atoms with van der Waals surface area (Å²) in [7, 11) is 0. The van der Waals surface area contributed by atoms with Crippen molar-refractivity contribution in [2.24, 2.45) is 5.92 Å². The number of rotatable bonds is 7. The molecule has 0 unspecified atom stereocenters. The van der Waals surface area contributed by atoms with E-state index >= 15 is 0 Å². The van der Waals surface area contributed by atoms with Crippen molar-refractivity contribution < 1.29 is 9.53 Å². The Kier molecular flexibility index (Phi) is 6.73. The predicted octanol–water partition coefficient (Wildman–Crippen LogP) is 5.48. The van der Waals surface area contributed by atoms with E-state index in [0.717, 1.165) is 35.0 Å². The third-order valence-corrected chi connectivity index (χ3v) is 5.72. The average molecular weight is 484 g/mol. The Morgan fingerprint density at radius 1 is 1.14 bits per heavy atom. The molecule has 2 N–H and O–H groups in total. The molecule has 7 nitrogen and oxygen atoms in total. The van der Waals surface area contributed by atoms with Gasteiger partial charge in [0.05, 0.1) is 16.7 Å². The Morgan fingerprint density at radius 2 is 2.06 bits per heavy atom. The standard InChI is InChI=1S/C27H22ClN5O2/c28-23-15-20(9-11-25(23)35-21-5-3-12-29-16-21)33-26-22-14-18(6-10-24(22)31-17-32-26)4-1-2-13-30-27(34)19-7-8-19/h3,5-6,9-12,14-17,19H,2,7-8,13H2,(H,30,34)(H,31,32,33). The van der Waals surface area contributed by atoms with Crippen LogP contribution < -0.4 is 15.4 Å². The van der Waals surface area contributed by atoms with Gasteiger partial charge in [-0.05, 0) is 61.4 Å². The zero-order chi connectivity index (χ0) is 24.0. The Hall–Kier alpha value is -4.15. The number of halogens is 1. The maximum atomic E-state index is 11.7. The largest absolute Gasteiger partial charge is 0.454 e. The van der Waals surface area contributed by atoms with Gasteiger partial charge in [-0.3, -0.25) is 9.78 Å². The molecule has 1 fully saturated rings. The highest BCUT2D eigenvalue weighted by atomic mass is 35.5. The number of nitrogens with one attached hydrogen (secondary N) is 2. The summed E-state index contributed by atoms with van der Waals surface area (Å²) in [6.45, 7) is 0.563. The number of aromatic nitrogens is 3. The highest BCUT2D eigenvalue weighted by Crippen LogP contribution is 2.33. The summed E-state index contributed by atoms with van der Waals surface area (Å²) in [5, 5.41) is 7.53. The summed E-state index contributed by atoms with van der Waals surface area (Å²) in [4.78, 5) is 24.5. The molecule has 174 valence electrons. The summed E-state index contributed by atoms with van der Waals surface area (Å²) in [6.07, 6.45) is 7.42. The van der Waals surface area contributed by atoms with Crippen LogP contribution in [0.1, 0.15) is 24.8 Å². The number of pyridine rings is 1. The number of fused-ring (bicyclic) bond motifs is 1. The quantitative estimate of drug-likeness (QED) is 0.267. The molecule has 5 rings (SSSR count). The van der Waals surface area contributed by atoms with E-state index in [0.29, 0.717) is 35.3 Å². The van der Waals surface area contributed by atoms with Crippen LogP contribution in [0.5, 0.6) is 11.5 Å². The normalized spacial score (nSPS) is 12.5. The van der Waals surface area contributed by atoms with Gasteiger partial charge in [-0.2, -0.15) is 0 Å². The molecule has 1 saturated carbocycles. The predicted molar refractivity (Wildman–Crippen MR) is 136 cm³/mol. The Morgan fingerprint density at radius 3 is 2.86 bits per heavy atom. The highest BCUT2D eigenvalue weighted by Gasteiger charge is 2.28. The van der Waals surface area contributed by atoms with Crippen LogP contribution in [-0.4, -0.2) is 27.4 Å². The molecule has 0 atom stereocenters. The van der Waals surface area contributed by atoms with Crippen LogP contribution in [0.3, 0.4) is 0 Å². The minimum absolute atomic E-state index is 0.141. The second-order valence-electron chi connectivity index (χ2n) is 8.13. The van der Waals surface area contributed by atoms with E-state index in [1.54, 1.807) is 30.6 Å². The van der Waals surface area contributed by atoms with Crippen molar-refractivity contribution in [1.82, 2.24) is 20.3 Å². The molecule has 8 heteroatoms. The van der Waals surface area contributed by atoms with Crippen LogP contribution in [0.2, 0.25) is 5.02 Å². The van der Waals surface area contributed by atoms with Gasteiger partial charge in [-0.1, -0.05) is 23.4 Å². The van der Waals surface area contributed by atoms with Gasteiger partial charge < -0.3 is 15.4 Å². The number of hydrogen-bond donors (Lipinski definition) is 2. The lowest BCUT2D eigenvalue weighted by Gasteiger charge is -2.11. The molecule has 2 aromatic carbocycles. The zero-order valence-corrected chi connectivity index (χ0v) is 19.5. The number of anilines is 2. The summed E-state index contributed by atoms with van der Waals surface area (Å²) < 4.78 is 5.80. The molecule has 1 amide bonds. The number of hydrogen-bond acceptors (Lipinski definition) is 6. The van der Waals surface area contributed by atoms with Crippen LogP contribution in [0, 0.1) is 17.8 Å². The topological polar surface area (TPSA) is 89.0 Å². The first-order valence-corrected chi connectivity index (χ1v) is 11.7. The summed E-state index contributed by atoms with van der Waals surface area (Å²) in [5.41, 5.74) is 2.41. The lowest BCUT2D eigenvalue weighted by molar-refractivity contribution is -0.122. The van der Waals surface area contributed by atoms with E-state index < -0.39 is 0 Å². The number of amides is 1. The van der Waals surface area contributed by atoms with Crippen molar-refractivity contribution in [2.45, 2.75) is 19.3 Å². The van der Waals surface area contributed by atoms with Gasteiger partial charge >= 0.3 is 0 Å². The van der Waals surface area contributed by atoms with Gasteiger partial charge in [-0.25, -0.2) is 9.97 Å². The van der Waals surface area contributed by atoms with Crippen LogP contribution >= 0.6 is 11.6 Å². The molecule has 0 saturated heterocycles. The molecule has 0 radical (unpaired) electrons. The fourth-order valence-corrected chi connectivity index (χ4v) is 3.69. The van der Waals surface area contributed by atoms with Crippen LogP contribution in [0.15, 0.2) is 67.3 Å². The maximum absolute atomic E-state index is 11.7. The number of nitrogens with zero attached hydrogens (tertiary/aromatic N) is 3. The van der Waals surface area contributed by atoms with Crippen molar-refractivity contribution in [3.05, 3.63) is 77.8 Å². The first kappa shape index (κ1) is 22.6. The monoisotopic (exact) mass is 483 g/mol. The molecule has 2 aromatic heterocycles. The van der Waals surface area contributed by atoms with Crippen LogP contribution in [0.4, 0.5) is 11.5 Å². The minimum atomic E-state index is 0.141. The van der Waals surface area contributed by atoms with Crippen molar-refractivity contribution in [1.29, 1.82) is 0 Å². The lowest BCUT2D eigenvalue weighted by Crippen LogP contribution is -2.25. The van der Waals surface area contributed by atoms with E-state index in [9.17, 15) is 4.79 Å². The first-order chi connectivity index (χ1) is 17.2. The average Bonchev–Trinajstić information content (AvgIpc) is 3.72. The summed E-state index contributed by atoms with van der Waals surface area (Å²) >= 11 is 6.45. The number of carbonyl (C=O) groups excluding carboxylic acids is 1. The van der Waals surface area contributed by atoms with Gasteiger partial charge in [-0.15, -0.1) is 0 Å². The molecule has 0 aliphatic heterocycles. The second-order valence-corrected chi connectivity index (χ2v) is 8.54. The Bertz CT molecular complexity index is 1430. The molecule has 0 bridgehead atoms. The van der Waals surface area contributed by atoms with Gasteiger partial charge in [0.15, 0.2) is 0 Å². The highest BCUT2D eigenvalue weighted by molar-refractivity contribution is 6.32. The van der Waals surface area contributed by atoms with E-state index in [1.165, 1.54) is 6.33 Å². The van der Waals surface area contributed by atoms with Gasteiger partial charge in [0.25, 0.3) is 0 Å². The van der Waals surface area contributed by atoms with Gasteiger partial charge in [0, 0.05) is 41.7 Å². The Labute approximate surface area is 207 Å². The maximum Gasteiger partial charge on any atom is 0.223 e. The fraction of sp³-hybridized carbons (Fsp3) is 0.185. The number of ether oxygens (including phenoxy) is 1. The van der Waals surface area contributed by atoms with E-state index in [2.05, 4.69) is 37.4 Å². The third kappa shape index (κ3) is 5.86. The second kappa shape index (κ2) is 10.4. The molecule has 4 aromatic rings. The summed E-state index contributed by atoms with van der Waals surface area (Å²) in [6, 6.07) is 14.8. The molecule has 1 aliphatic rings. The van der Waals surface area contributed by atoms with Crippen LogP contribution in [-0.2, 0) is 4.79 Å². The van der Waals surface area contributed by atoms with Crippen molar-refractivity contribution in [3.8, 4) is 23.3 Å². The molecule has 2 heterocycles. The van der Waals surface area contributed by atoms with E-state index in [-0.39, 0.29) is 11.8 Å². The first-order valence-electron chi connectivity index (χ1n) is 11.3. The Balaban J connectivity index is 1.29. The molecule has 1 aliphatic carbocycles. The summed E-state index contributed by atoms with van der Waals surface area (Å²) in [5.74, 6) is 8.42. The number of carbonyl (C=O) groups is 1. The van der Waals surface area contributed by atoms with Crippen molar-refractivity contribution in [2.75, 3.05) is 11.9 Å². The van der Waals surface area contributed by atoms with Gasteiger partial charge in [0.2, 0.25) is 5.91 Å². The SMILES string of the molecule is O=C(NCCC#Cc1ccc2ncnc(Nc3ccc(Oc4cccnc4)c(Cl)c3)c2c1)C1CC1.